The Hall–Kier alpha value is -1.05. The lowest BCUT2D eigenvalue weighted by atomic mass is 9.80. The average molecular weight is 263 g/mol. The van der Waals surface area contributed by atoms with Crippen molar-refractivity contribution in [2.75, 3.05) is 19.0 Å². The van der Waals surface area contributed by atoms with Crippen LogP contribution in [0.5, 0.6) is 0 Å². The summed E-state index contributed by atoms with van der Waals surface area (Å²) in [6.45, 7) is 2.17. The monoisotopic (exact) mass is 263 g/mol. The maximum atomic E-state index is 9.27. The minimum atomic E-state index is -0.290. The van der Waals surface area contributed by atoms with Gasteiger partial charge >= 0.3 is 0 Å². The Labute approximate surface area is 113 Å². The third kappa shape index (κ3) is 2.38. The topological polar surface area (TPSA) is 39.1 Å². The summed E-state index contributed by atoms with van der Waals surface area (Å²) in [7, 11) is 4.08. The number of nitriles is 1. The zero-order chi connectivity index (χ0) is 13.2. The lowest BCUT2D eigenvalue weighted by molar-refractivity contribution is 0.288. The number of nitrogens with one attached hydrogen (secondary N) is 1. The van der Waals surface area contributed by atoms with E-state index >= 15 is 0 Å². The molecule has 1 aromatic rings. The van der Waals surface area contributed by atoms with Gasteiger partial charge in [-0.3, -0.25) is 0 Å². The van der Waals surface area contributed by atoms with E-state index < -0.39 is 0 Å². The van der Waals surface area contributed by atoms with Crippen LogP contribution in [0.2, 0.25) is 0 Å². The van der Waals surface area contributed by atoms with Crippen molar-refractivity contribution in [3.8, 4) is 6.07 Å². The first-order valence-corrected chi connectivity index (χ1v) is 7.37. The van der Waals surface area contributed by atoms with Gasteiger partial charge in [0, 0.05) is 13.1 Å². The van der Waals surface area contributed by atoms with Crippen molar-refractivity contribution < 1.29 is 0 Å². The molecule has 4 heteroatoms. The molecule has 0 bridgehead atoms. The number of hydrogen-bond donors (Lipinski definition) is 1. The number of nitrogens with zero attached hydrogens (tertiary/aromatic N) is 2. The van der Waals surface area contributed by atoms with Gasteiger partial charge in [-0.15, -0.1) is 11.3 Å². The van der Waals surface area contributed by atoms with Crippen LogP contribution in [-0.2, 0) is 0 Å². The fourth-order valence-electron chi connectivity index (χ4n) is 2.79. The van der Waals surface area contributed by atoms with Crippen LogP contribution >= 0.6 is 11.3 Å². The highest BCUT2D eigenvalue weighted by molar-refractivity contribution is 7.14. The van der Waals surface area contributed by atoms with Gasteiger partial charge < -0.3 is 10.2 Å². The van der Waals surface area contributed by atoms with Gasteiger partial charge in [-0.05, 0) is 56.7 Å². The van der Waals surface area contributed by atoms with Crippen LogP contribution in [0, 0.1) is 18.3 Å². The van der Waals surface area contributed by atoms with Crippen LogP contribution < -0.4 is 10.2 Å². The first kappa shape index (κ1) is 13.4. The molecule has 0 saturated heterocycles. The lowest BCUT2D eigenvalue weighted by Gasteiger charge is -2.39. The second kappa shape index (κ2) is 5.29. The van der Waals surface area contributed by atoms with Crippen molar-refractivity contribution >= 4 is 16.3 Å². The zero-order valence-corrected chi connectivity index (χ0v) is 12.2. The minimum Gasteiger partial charge on any atom is -0.363 e. The molecule has 0 spiro atoms. The van der Waals surface area contributed by atoms with Gasteiger partial charge in [-0.1, -0.05) is 0 Å². The summed E-state index contributed by atoms with van der Waals surface area (Å²) in [5, 5.41) is 16.0. The Morgan fingerprint density at radius 1 is 1.50 bits per heavy atom. The molecule has 1 saturated carbocycles. The molecule has 1 aromatic heterocycles. The molecule has 2 rings (SSSR count). The van der Waals surface area contributed by atoms with E-state index in [4.69, 9.17) is 0 Å². The molecule has 1 aliphatic carbocycles. The molecule has 1 fully saturated rings. The molecule has 0 amide bonds. The van der Waals surface area contributed by atoms with E-state index in [2.05, 4.69) is 41.7 Å². The Morgan fingerprint density at radius 2 is 2.17 bits per heavy atom. The smallest absolute Gasteiger partial charge is 0.106 e. The van der Waals surface area contributed by atoms with E-state index in [1.165, 1.54) is 10.6 Å². The Balaban J connectivity index is 2.03. The van der Waals surface area contributed by atoms with Gasteiger partial charge in [0.2, 0.25) is 0 Å². The normalized spacial score (nSPS) is 27.8. The second-order valence-corrected chi connectivity index (χ2v) is 6.09. The fraction of sp³-hybridized carbons (Fsp3) is 0.643. The quantitative estimate of drug-likeness (QED) is 0.911. The highest BCUT2D eigenvalue weighted by atomic mass is 32.1. The van der Waals surface area contributed by atoms with Gasteiger partial charge in [-0.2, -0.15) is 5.26 Å². The Morgan fingerprint density at radius 3 is 2.61 bits per heavy atom. The summed E-state index contributed by atoms with van der Waals surface area (Å²) in [6.07, 6.45) is 4.06. The summed E-state index contributed by atoms with van der Waals surface area (Å²) in [4.78, 5) is 2.40. The molecule has 0 radical (unpaired) electrons. The summed E-state index contributed by atoms with van der Waals surface area (Å²) in [5.41, 5.74) is 1.07. The maximum absolute atomic E-state index is 9.27. The van der Waals surface area contributed by atoms with E-state index in [9.17, 15) is 5.26 Å². The number of rotatable bonds is 3. The average Bonchev–Trinajstić information content (AvgIpc) is 2.84. The van der Waals surface area contributed by atoms with Crippen LogP contribution in [0.3, 0.4) is 0 Å². The summed E-state index contributed by atoms with van der Waals surface area (Å²) >= 11 is 1.81. The molecule has 0 atom stereocenters. The highest BCUT2D eigenvalue weighted by Gasteiger charge is 2.35. The van der Waals surface area contributed by atoms with Gasteiger partial charge in [0.05, 0.1) is 11.1 Å². The van der Waals surface area contributed by atoms with Crippen molar-refractivity contribution in [1.29, 1.82) is 5.26 Å². The first-order valence-electron chi connectivity index (χ1n) is 6.49. The van der Waals surface area contributed by atoms with Crippen LogP contribution in [0.4, 0.5) is 5.00 Å². The lowest BCUT2D eigenvalue weighted by Crippen LogP contribution is -2.48. The third-order valence-corrected chi connectivity index (χ3v) is 5.31. The maximum Gasteiger partial charge on any atom is 0.106 e. The van der Waals surface area contributed by atoms with E-state index in [1.54, 1.807) is 0 Å². The number of hydrogen-bond acceptors (Lipinski definition) is 4. The molecular weight excluding hydrogens is 242 g/mol. The summed E-state index contributed by atoms with van der Waals surface area (Å²) < 4.78 is 0. The van der Waals surface area contributed by atoms with Crippen LogP contribution in [-0.4, -0.2) is 25.7 Å². The van der Waals surface area contributed by atoms with E-state index in [0.717, 1.165) is 25.7 Å². The van der Waals surface area contributed by atoms with Gasteiger partial charge in [0.15, 0.2) is 0 Å². The van der Waals surface area contributed by atoms with Crippen molar-refractivity contribution in [2.24, 2.45) is 0 Å². The first-order chi connectivity index (χ1) is 8.62. The van der Waals surface area contributed by atoms with Gasteiger partial charge in [-0.25, -0.2) is 0 Å². The van der Waals surface area contributed by atoms with Crippen LogP contribution in [0.25, 0.3) is 0 Å². The predicted octanol–water partition coefficient (Wildman–Crippen LogP) is 2.92. The van der Waals surface area contributed by atoms with Gasteiger partial charge in [0.25, 0.3) is 0 Å². The van der Waals surface area contributed by atoms with Crippen molar-refractivity contribution in [3.05, 3.63) is 17.0 Å². The summed E-state index contributed by atoms with van der Waals surface area (Å²) in [6, 6.07) is 5.19. The van der Waals surface area contributed by atoms with Crippen molar-refractivity contribution in [2.45, 2.75) is 44.2 Å². The van der Waals surface area contributed by atoms with E-state index in [-0.39, 0.29) is 5.54 Å². The molecule has 0 aromatic carbocycles. The fourth-order valence-corrected chi connectivity index (χ4v) is 3.76. The number of anilines is 1. The molecule has 0 unspecified atom stereocenters. The third-order valence-electron chi connectivity index (χ3n) is 4.20. The molecule has 1 N–H and O–H groups in total. The predicted molar refractivity (Wildman–Crippen MR) is 77.1 cm³/mol. The summed E-state index contributed by atoms with van der Waals surface area (Å²) in [5.74, 6) is 0. The largest absolute Gasteiger partial charge is 0.363 e. The standard InChI is InChI=1S/C14H21N3S/c1-11-6-9-18-13(11)17(3)12-4-7-14(10-15,16-2)8-5-12/h6,9,12,16H,4-5,7-8H2,1-3H3. The minimum absolute atomic E-state index is 0.290. The van der Waals surface area contributed by atoms with Crippen LogP contribution in [0.1, 0.15) is 31.2 Å². The Kier molecular flexibility index (Phi) is 3.94. The van der Waals surface area contributed by atoms with E-state index in [0.29, 0.717) is 6.04 Å². The molecule has 3 nitrogen and oxygen atoms in total. The molecule has 0 aliphatic heterocycles. The Bertz CT molecular complexity index is 438. The molecular formula is C14H21N3S. The molecule has 98 valence electrons. The molecule has 1 aliphatic rings. The van der Waals surface area contributed by atoms with E-state index in [1.807, 2.05) is 18.4 Å². The molecule has 18 heavy (non-hydrogen) atoms. The van der Waals surface area contributed by atoms with Crippen molar-refractivity contribution in [1.82, 2.24) is 5.32 Å². The number of aryl methyl sites for hydroxylation is 1. The second-order valence-electron chi connectivity index (χ2n) is 5.19. The molecule has 1 heterocycles. The SMILES string of the molecule is CNC1(C#N)CCC(N(C)c2sccc2C)CC1. The highest BCUT2D eigenvalue weighted by Crippen LogP contribution is 2.35. The van der Waals surface area contributed by atoms with Crippen molar-refractivity contribution in [3.63, 3.8) is 0 Å². The number of thiophene rings is 1. The van der Waals surface area contributed by atoms with Crippen LogP contribution in [0.15, 0.2) is 11.4 Å². The van der Waals surface area contributed by atoms with Gasteiger partial charge in [0.1, 0.15) is 5.54 Å². The zero-order valence-electron chi connectivity index (χ0n) is 11.4.